The highest BCUT2D eigenvalue weighted by Gasteiger charge is 2.31. The lowest BCUT2D eigenvalue weighted by Crippen LogP contribution is -2.42. The Morgan fingerprint density at radius 2 is 2.00 bits per heavy atom. The largest absolute Gasteiger partial charge is 0.390 e. The summed E-state index contributed by atoms with van der Waals surface area (Å²) in [5.41, 5.74) is -0.476. The van der Waals surface area contributed by atoms with Crippen molar-refractivity contribution in [2.45, 2.75) is 58.1 Å². The fraction of sp³-hybridized carbons (Fsp3) is 1.00. The second-order valence-corrected chi connectivity index (χ2v) is 5.45. The van der Waals surface area contributed by atoms with Crippen molar-refractivity contribution in [3.63, 3.8) is 0 Å². The average molecular weight is 199 g/mol. The van der Waals surface area contributed by atoms with E-state index < -0.39 is 5.60 Å². The van der Waals surface area contributed by atoms with Crippen molar-refractivity contribution in [3.8, 4) is 0 Å². The molecule has 1 fully saturated rings. The van der Waals surface area contributed by atoms with Gasteiger partial charge in [-0.3, -0.25) is 0 Å². The Labute approximate surface area is 88.1 Å². The molecule has 0 bridgehead atoms. The van der Waals surface area contributed by atoms with Crippen molar-refractivity contribution in [3.05, 3.63) is 0 Å². The van der Waals surface area contributed by atoms with Crippen molar-refractivity contribution in [1.29, 1.82) is 0 Å². The summed E-state index contributed by atoms with van der Waals surface area (Å²) in [6.07, 6.45) is 4.27. The third kappa shape index (κ3) is 3.25. The predicted molar refractivity (Wildman–Crippen MR) is 60.3 cm³/mol. The van der Waals surface area contributed by atoms with Gasteiger partial charge in [0.25, 0.3) is 0 Å². The molecule has 2 nitrogen and oxygen atoms in total. The minimum Gasteiger partial charge on any atom is -0.390 e. The molecule has 0 radical (unpaired) electrons. The Hall–Kier alpha value is -0.0800. The van der Waals surface area contributed by atoms with Crippen molar-refractivity contribution in [1.82, 2.24) is 5.32 Å². The molecule has 0 amide bonds. The first kappa shape index (κ1) is 12.0. The van der Waals surface area contributed by atoms with Crippen LogP contribution in [0.25, 0.3) is 0 Å². The highest BCUT2D eigenvalue weighted by atomic mass is 16.3. The molecule has 0 saturated heterocycles. The van der Waals surface area contributed by atoms with Crippen LogP contribution in [-0.2, 0) is 0 Å². The number of rotatable bonds is 1. The highest BCUT2D eigenvalue weighted by Crippen LogP contribution is 2.31. The Morgan fingerprint density at radius 3 is 2.57 bits per heavy atom. The maximum absolute atomic E-state index is 10.2. The summed E-state index contributed by atoms with van der Waals surface area (Å²) >= 11 is 0. The molecule has 84 valence electrons. The molecular formula is C12H25NO. The standard InChI is InChI=1S/C12H25NO/c1-9-5-6-12(3,14)8-11(13-4)10(2)7-9/h9-11,13-14H,5-8H2,1-4H3. The van der Waals surface area contributed by atoms with Crippen LogP contribution in [0.3, 0.4) is 0 Å². The minimum absolute atomic E-state index is 0.466. The molecule has 1 saturated carbocycles. The Kier molecular flexibility index (Phi) is 3.96. The molecule has 14 heavy (non-hydrogen) atoms. The van der Waals surface area contributed by atoms with Crippen LogP contribution in [0, 0.1) is 11.8 Å². The number of aliphatic hydroxyl groups is 1. The zero-order valence-electron chi connectivity index (χ0n) is 10.0. The average Bonchev–Trinajstić information content (AvgIpc) is 2.10. The van der Waals surface area contributed by atoms with E-state index in [4.69, 9.17) is 0 Å². The van der Waals surface area contributed by atoms with Crippen LogP contribution in [0.4, 0.5) is 0 Å². The Morgan fingerprint density at radius 1 is 1.36 bits per heavy atom. The van der Waals surface area contributed by atoms with Gasteiger partial charge in [-0.1, -0.05) is 13.8 Å². The third-order valence-electron chi connectivity index (χ3n) is 3.67. The molecule has 1 aliphatic rings. The molecule has 0 spiro atoms. The van der Waals surface area contributed by atoms with Gasteiger partial charge in [0.1, 0.15) is 0 Å². The molecule has 0 aromatic carbocycles. The van der Waals surface area contributed by atoms with E-state index in [1.807, 2.05) is 14.0 Å². The van der Waals surface area contributed by atoms with Gasteiger partial charge in [-0.05, 0) is 51.5 Å². The molecule has 2 heteroatoms. The Balaban J connectivity index is 2.66. The normalized spacial score (nSPS) is 45.6. The van der Waals surface area contributed by atoms with E-state index in [-0.39, 0.29) is 0 Å². The maximum atomic E-state index is 10.2. The molecule has 4 unspecified atom stereocenters. The molecular weight excluding hydrogens is 174 g/mol. The van der Waals surface area contributed by atoms with E-state index in [0.717, 1.165) is 25.2 Å². The molecule has 1 aliphatic carbocycles. The number of hydrogen-bond acceptors (Lipinski definition) is 2. The molecule has 0 aliphatic heterocycles. The fourth-order valence-corrected chi connectivity index (χ4v) is 2.64. The van der Waals surface area contributed by atoms with Gasteiger partial charge >= 0.3 is 0 Å². The molecule has 0 aromatic rings. The number of nitrogens with one attached hydrogen (secondary N) is 1. The molecule has 1 rings (SSSR count). The van der Waals surface area contributed by atoms with E-state index in [1.54, 1.807) is 0 Å². The molecule has 0 aromatic heterocycles. The van der Waals surface area contributed by atoms with E-state index in [2.05, 4.69) is 19.2 Å². The summed E-state index contributed by atoms with van der Waals surface area (Å²) in [5.74, 6) is 1.41. The van der Waals surface area contributed by atoms with Gasteiger partial charge in [-0.2, -0.15) is 0 Å². The topological polar surface area (TPSA) is 32.3 Å². The predicted octanol–water partition coefficient (Wildman–Crippen LogP) is 2.17. The van der Waals surface area contributed by atoms with Gasteiger partial charge in [0.2, 0.25) is 0 Å². The van der Waals surface area contributed by atoms with Crippen LogP contribution in [0.2, 0.25) is 0 Å². The van der Waals surface area contributed by atoms with Crippen LogP contribution in [-0.4, -0.2) is 23.8 Å². The zero-order valence-corrected chi connectivity index (χ0v) is 10.0. The lowest BCUT2D eigenvalue weighted by Gasteiger charge is -2.36. The summed E-state index contributed by atoms with van der Waals surface area (Å²) in [4.78, 5) is 0. The summed E-state index contributed by atoms with van der Waals surface area (Å²) < 4.78 is 0. The van der Waals surface area contributed by atoms with Gasteiger partial charge in [0, 0.05) is 6.04 Å². The molecule has 0 heterocycles. The first-order valence-electron chi connectivity index (χ1n) is 5.84. The van der Waals surface area contributed by atoms with Crippen LogP contribution in [0.15, 0.2) is 0 Å². The van der Waals surface area contributed by atoms with Gasteiger partial charge in [0.15, 0.2) is 0 Å². The van der Waals surface area contributed by atoms with E-state index in [1.165, 1.54) is 6.42 Å². The first-order chi connectivity index (χ1) is 6.44. The van der Waals surface area contributed by atoms with Crippen molar-refractivity contribution in [2.75, 3.05) is 7.05 Å². The second kappa shape index (κ2) is 4.63. The smallest absolute Gasteiger partial charge is 0.0634 e. The number of hydrogen-bond donors (Lipinski definition) is 2. The Bertz CT molecular complexity index is 179. The van der Waals surface area contributed by atoms with Crippen LogP contribution >= 0.6 is 0 Å². The summed E-state index contributed by atoms with van der Waals surface area (Å²) in [7, 11) is 2.00. The van der Waals surface area contributed by atoms with Crippen molar-refractivity contribution < 1.29 is 5.11 Å². The zero-order chi connectivity index (χ0) is 10.8. The van der Waals surface area contributed by atoms with E-state index >= 15 is 0 Å². The third-order valence-corrected chi connectivity index (χ3v) is 3.67. The van der Waals surface area contributed by atoms with E-state index in [0.29, 0.717) is 12.0 Å². The first-order valence-corrected chi connectivity index (χ1v) is 5.84. The van der Waals surface area contributed by atoms with Crippen molar-refractivity contribution >= 4 is 0 Å². The highest BCUT2D eigenvalue weighted by molar-refractivity contribution is 4.86. The minimum atomic E-state index is -0.476. The summed E-state index contributed by atoms with van der Waals surface area (Å²) in [5, 5.41) is 13.5. The lowest BCUT2D eigenvalue weighted by atomic mass is 9.77. The van der Waals surface area contributed by atoms with Crippen LogP contribution in [0.1, 0.15) is 46.5 Å². The van der Waals surface area contributed by atoms with Crippen molar-refractivity contribution in [2.24, 2.45) is 11.8 Å². The monoisotopic (exact) mass is 199 g/mol. The fourth-order valence-electron chi connectivity index (χ4n) is 2.64. The van der Waals surface area contributed by atoms with Crippen LogP contribution in [0.5, 0.6) is 0 Å². The van der Waals surface area contributed by atoms with Gasteiger partial charge in [-0.15, -0.1) is 0 Å². The summed E-state index contributed by atoms with van der Waals surface area (Å²) in [6, 6.07) is 0.466. The van der Waals surface area contributed by atoms with Gasteiger partial charge < -0.3 is 10.4 Å². The van der Waals surface area contributed by atoms with Gasteiger partial charge in [0.05, 0.1) is 5.60 Å². The van der Waals surface area contributed by atoms with E-state index in [9.17, 15) is 5.11 Å². The lowest BCUT2D eigenvalue weighted by molar-refractivity contribution is 0.00960. The van der Waals surface area contributed by atoms with Gasteiger partial charge in [-0.25, -0.2) is 0 Å². The molecule has 4 atom stereocenters. The quantitative estimate of drug-likeness (QED) is 0.678. The second-order valence-electron chi connectivity index (χ2n) is 5.45. The van der Waals surface area contributed by atoms with Crippen LogP contribution < -0.4 is 5.32 Å². The molecule has 2 N–H and O–H groups in total. The summed E-state index contributed by atoms with van der Waals surface area (Å²) in [6.45, 7) is 6.56. The maximum Gasteiger partial charge on any atom is 0.0634 e. The SMILES string of the molecule is CNC1CC(C)(O)CCC(C)CC1C.